The van der Waals surface area contributed by atoms with Crippen molar-refractivity contribution in [2.75, 3.05) is 18.6 Å². The van der Waals surface area contributed by atoms with Gasteiger partial charge in [-0.15, -0.1) is 11.8 Å². The Hall–Kier alpha value is -2.47. The molecule has 0 aromatic heterocycles. The van der Waals surface area contributed by atoms with Crippen LogP contribution in [0.15, 0.2) is 59.5 Å². The number of para-hydroxylation sites is 2. The number of nitrogens with zero attached hydrogens (tertiary/aromatic N) is 1. The zero-order chi connectivity index (χ0) is 21.7. The van der Waals surface area contributed by atoms with Gasteiger partial charge in [-0.1, -0.05) is 44.2 Å². The second-order valence-electron chi connectivity index (χ2n) is 7.69. The van der Waals surface area contributed by atoms with Gasteiger partial charge in [-0.05, 0) is 49.9 Å². The quantitative estimate of drug-likeness (QED) is 0.559. The van der Waals surface area contributed by atoms with E-state index in [0.29, 0.717) is 18.6 Å². The molecule has 6 heteroatoms. The first kappa shape index (κ1) is 22.2. The number of amides is 1. The highest BCUT2D eigenvalue weighted by Gasteiger charge is 2.48. The van der Waals surface area contributed by atoms with Crippen molar-refractivity contribution in [1.82, 2.24) is 0 Å². The van der Waals surface area contributed by atoms with Crippen LogP contribution in [-0.2, 0) is 14.3 Å². The molecule has 0 saturated heterocycles. The van der Waals surface area contributed by atoms with E-state index >= 15 is 0 Å². The van der Waals surface area contributed by atoms with Crippen LogP contribution < -0.4 is 9.64 Å². The fourth-order valence-corrected chi connectivity index (χ4v) is 5.26. The minimum absolute atomic E-state index is 0.0588. The van der Waals surface area contributed by atoms with Gasteiger partial charge in [0, 0.05) is 11.9 Å². The van der Waals surface area contributed by atoms with Crippen LogP contribution in [0, 0.1) is 5.92 Å². The average molecular weight is 428 g/mol. The average Bonchev–Trinajstić information content (AvgIpc) is 2.75. The maximum Gasteiger partial charge on any atom is 0.347 e. The molecule has 0 bridgehead atoms. The Balaban J connectivity index is 1.86. The smallest absolute Gasteiger partial charge is 0.347 e. The molecule has 2 unspecified atom stereocenters. The highest BCUT2D eigenvalue weighted by Crippen LogP contribution is 2.50. The molecule has 3 rings (SSSR count). The van der Waals surface area contributed by atoms with Crippen LogP contribution in [0.5, 0.6) is 5.75 Å². The van der Waals surface area contributed by atoms with Gasteiger partial charge in [0.25, 0.3) is 0 Å². The Morgan fingerprint density at radius 1 is 1.10 bits per heavy atom. The molecule has 1 aliphatic rings. The standard InChI is InChI=1S/C24H29NO4S/c1-5-28-22(26)20(29-18-11-7-6-8-12-18)15-16-24(17(2)3)23(27)25(4)19-13-9-10-14-21(19)30-24/h6-14,17,20H,5,15-16H2,1-4H3. The number of benzene rings is 2. The van der Waals surface area contributed by atoms with Crippen LogP contribution in [0.4, 0.5) is 5.69 Å². The summed E-state index contributed by atoms with van der Waals surface area (Å²) in [5.74, 6) is 0.343. The molecule has 2 aromatic rings. The highest BCUT2D eigenvalue weighted by atomic mass is 32.2. The van der Waals surface area contributed by atoms with Crippen molar-refractivity contribution in [1.29, 1.82) is 0 Å². The van der Waals surface area contributed by atoms with Crippen LogP contribution >= 0.6 is 11.8 Å². The van der Waals surface area contributed by atoms with Crippen molar-refractivity contribution in [2.24, 2.45) is 5.92 Å². The van der Waals surface area contributed by atoms with Gasteiger partial charge in [-0.25, -0.2) is 4.79 Å². The zero-order valence-corrected chi connectivity index (χ0v) is 18.8. The number of thioether (sulfide) groups is 1. The van der Waals surface area contributed by atoms with E-state index < -0.39 is 16.8 Å². The molecular weight excluding hydrogens is 398 g/mol. The van der Waals surface area contributed by atoms with Crippen molar-refractivity contribution >= 4 is 29.3 Å². The molecule has 0 saturated carbocycles. The maximum atomic E-state index is 13.5. The summed E-state index contributed by atoms with van der Waals surface area (Å²) < 4.78 is 10.5. The molecule has 0 radical (unpaired) electrons. The second-order valence-corrected chi connectivity index (χ2v) is 9.06. The third-order valence-electron chi connectivity index (χ3n) is 5.47. The molecule has 1 amide bonds. The van der Waals surface area contributed by atoms with Crippen LogP contribution in [0.1, 0.15) is 33.6 Å². The summed E-state index contributed by atoms with van der Waals surface area (Å²) >= 11 is 1.60. The number of ether oxygens (including phenoxy) is 2. The lowest BCUT2D eigenvalue weighted by atomic mass is 9.87. The van der Waals surface area contributed by atoms with Crippen LogP contribution in [0.3, 0.4) is 0 Å². The van der Waals surface area contributed by atoms with Crippen molar-refractivity contribution in [3.8, 4) is 5.75 Å². The first-order chi connectivity index (χ1) is 14.4. The van der Waals surface area contributed by atoms with Crippen LogP contribution in [0.2, 0.25) is 0 Å². The lowest BCUT2D eigenvalue weighted by Gasteiger charge is -2.43. The summed E-state index contributed by atoms with van der Waals surface area (Å²) in [5.41, 5.74) is 0.922. The van der Waals surface area contributed by atoms with E-state index in [1.807, 2.05) is 61.6 Å². The van der Waals surface area contributed by atoms with Gasteiger partial charge in [0.15, 0.2) is 6.10 Å². The van der Waals surface area contributed by atoms with Gasteiger partial charge in [-0.2, -0.15) is 0 Å². The fraction of sp³-hybridized carbons (Fsp3) is 0.417. The number of carbonyl (C=O) groups excluding carboxylic acids is 2. The fourth-order valence-electron chi connectivity index (χ4n) is 3.73. The van der Waals surface area contributed by atoms with Crippen molar-refractivity contribution in [3.05, 3.63) is 54.6 Å². The Morgan fingerprint density at radius 2 is 1.77 bits per heavy atom. The van der Waals surface area contributed by atoms with Crippen molar-refractivity contribution in [2.45, 2.75) is 49.4 Å². The number of rotatable bonds is 8. The summed E-state index contributed by atoms with van der Waals surface area (Å²) in [7, 11) is 1.82. The van der Waals surface area contributed by atoms with Gasteiger partial charge >= 0.3 is 5.97 Å². The zero-order valence-electron chi connectivity index (χ0n) is 18.0. The van der Waals surface area contributed by atoms with Gasteiger partial charge in [-0.3, -0.25) is 4.79 Å². The Kier molecular flexibility index (Phi) is 7.08. The van der Waals surface area contributed by atoms with E-state index in [-0.39, 0.29) is 18.4 Å². The second kappa shape index (κ2) is 9.56. The van der Waals surface area contributed by atoms with E-state index in [9.17, 15) is 9.59 Å². The molecule has 0 N–H and O–H groups in total. The van der Waals surface area contributed by atoms with Gasteiger partial charge < -0.3 is 14.4 Å². The molecule has 2 aromatic carbocycles. The molecular formula is C24H29NO4S. The minimum Gasteiger partial charge on any atom is -0.479 e. The molecule has 0 fully saturated rings. The number of fused-ring (bicyclic) bond motifs is 1. The van der Waals surface area contributed by atoms with E-state index in [1.165, 1.54) is 0 Å². The van der Waals surface area contributed by atoms with Crippen molar-refractivity contribution < 1.29 is 19.1 Å². The molecule has 160 valence electrons. The monoisotopic (exact) mass is 427 g/mol. The van der Waals surface area contributed by atoms with Gasteiger partial charge in [0.1, 0.15) is 10.5 Å². The molecule has 1 aliphatic heterocycles. The van der Waals surface area contributed by atoms with Gasteiger partial charge in [0.2, 0.25) is 5.91 Å². The predicted molar refractivity (Wildman–Crippen MR) is 120 cm³/mol. The predicted octanol–water partition coefficient (Wildman–Crippen LogP) is 4.94. The third kappa shape index (κ3) is 4.48. The van der Waals surface area contributed by atoms with E-state index in [4.69, 9.17) is 9.47 Å². The van der Waals surface area contributed by atoms with E-state index in [0.717, 1.165) is 10.6 Å². The van der Waals surface area contributed by atoms with Crippen LogP contribution in [-0.4, -0.2) is 36.4 Å². The Bertz CT molecular complexity index is 886. The van der Waals surface area contributed by atoms with Gasteiger partial charge in [0.05, 0.1) is 12.3 Å². The first-order valence-electron chi connectivity index (χ1n) is 10.3. The number of esters is 1. The number of hydrogen-bond donors (Lipinski definition) is 0. The molecule has 2 atom stereocenters. The third-order valence-corrected chi connectivity index (χ3v) is 7.25. The first-order valence-corrected chi connectivity index (χ1v) is 11.1. The van der Waals surface area contributed by atoms with E-state index in [1.54, 1.807) is 23.6 Å². The SMILES string of the molecule is CCOC(=O)C(CCC1(C(C)C)Sc2ccccc2N(C)C1=O)Oc1ccccc1. The van der Waals surface area contributed by atoms with E-state index in [2.05, 4.69) is 13.8 Å². The summed E-state index contributed by atoms with van der Waals surface area (Å²) in [4.78, 5) is 28.9. The molecule has 0 spiro atoms. The molecule has 30 heavy (non-hydrogen) atoms. The highest BCUT2D eigenvalue weighted by molar-refractivity contribution is 8.01. The molecule has 5 nitrogen and oxygen atoms in total. The summed E-state index contributed by atoms with van der Waals surface area (Å²) in [5, 5.41) is 0. The Morgan fingerprint density at radius 3 is 2.43 bits per heavy atom. The summed E-state index contributed by atoms with van der Waals surface area (Å²) in [6.45, 7) is 6.18. The summed E-state index contributed by atoms with van der Waals surface area (Å²) in [6.07, 6.45) is 0.128. The van der Waals surface area contributed by atoms with Crippen molar-refractivity contribution in [3.63, 3.8) is 0 Å². The number of carbonyl (C=O) groups is 2. The normalized spacial score (nSPS) is 19.4. The summed E-state index contributed by atoms with van der Waals surface area (Å²) in [6, 6.07) is 17.2. The number of anilines is 1. The minimum atomic E-state index is -0.765. The largest absolute Gasteiger partial charge is 0.479 e. The molecule has 1 heterocycles. The lowest BCUT2D eigenvalue weighted by Crippen LogP contribution is -2.52. The number of hydrogen-bond acceptors (Lipinski definition) is 5. The topological polar surface area (TPSA) is 55.8 Å². The maximum absolute atomic E-state index is 13.5. The lowest BCUT2D eigenvalue weighted by molar-refractivity contribution is -0.152. The Labute approximate surface area is 182 Å². The van der Waals surface area contributed by atoms with Crippen LogP contribution in [0.25, 0.3) is 0 Å². The molecule has 0 aliphatic carbocycles.